The standard InChI is InChI=1S/C12H21N3O2/c1-8(2)14-11(12(16)17-5)6-15-7-13-9(3)10(15)4/h7-8,11,14H,6H2,1-5H3. The van der Waals surface area contributed by atoms with Crippen LogP contribution >= 0.6 is 0 Å². The van der Waals surface area contributed by atoms with E-state index in [1.54, 1.807) is 6.33 Å². The Morgan fingerprint density at radius 3 is 2.59 bits per heavy atom. The van der Waals surface area contributed by atoms with Gasteiger partial charge in [-0.25, -0.2) is 4.98 Å². The van der Waals surface area contributed by atoms with Gasteiger partial charge in [-0.1, -0.05) is 13.8 Å². The highest BCUT2D eigenvalue weighted by Crippen LogP contribution is 2.06. The number of nitrogens with one attached hydrogen (secondary N) is 1. The molecule has 1 aromatic rings. The number of imidazole rings is 1. The van der Waals surface area contributed by atoms with Crippen LogP contribution in [-0.2, 0) is 16.1 Å². The van der Waals surface area contributed by atoms with Crippen LogP contribution in [0.1, 0.15) is 25.2 Å². The number of methoxy groups -OCH3 is 1. The monoisotopic (exact) mass is 239 g/mol. The van der Waals surface area contributed by atoms with Crippen LogP contribution in [0.2, 0.25) is 0 Å². The van der Waals surface area contributed by atoms with Gasteiger partial charge in [0.05, 0.1) is 19.1 Å². The molecule has 0 aliphatic heterocycles. The third-order valence-electron chi connectivity index (χ3n) is 2.74. The summed E-state index contributed by atoms with van der Waals surface area (Å²) in [5, 5.41) is 3.19. The molecule has 96 valence electrons. The minimum atomic E-state index is -0.340. The maximum absolute atomic E-state index is 11.7. The first kappa shape index (κ1) is 13.7. The average Bonchev–Trinajstić information content (AvgIpc) is 2.58. The van der Waals surface area contributed by atoms with Crippen molar-refractivity contribution < 1.29 is 9.53 Å². The van der Waals surface area contributed by atoms with Crippen LogP contribution in [0.5, 0.6) is 0 Å². The largest absolute Gasteiger partial charge is 0.468 e. The zero-order valence-corrected chi connectivity index (χ0v) is 11.2. The first-order chi connectivity index (χ1) is 7.95. The van der Waals surface area contributed by atoms with Crippen LogP contribution in [0.25, 0.3) is 0 Å². The Morgan fingerprint density at radius 2 is 2.18 bits per heavy atom. The fraction of sp³-hybridized carbons (Fsp3) is 0.667. The highest BCUT2D eigenvalue weighted by Gasteiger charge is 2.21. The number of hydrogen-bond donors (Lipinski definition) is 1. The molecular weight excluding hydrogens is 218 g/mol. The van der Waals surface area contributed by atoms with E-state index in [9.17, 15) is 4.79 Å². The molecule has 0 saturated carbocycles. The predicted octanol–water partition coefficient (Wildman–Crippen LogP) is 1.04. The molecular formula is C12H21N3O2. The van der Waals surface area contributed by atoms with Gasteiger partial charge in [-0.2, -0.15) is 0 Å². The van der Waals surface area contributed by atoms with Crippen molar-refractivity contribution in [1.29, 1.82) is 0 Å². The van der Waals surface area contributed by atoms with Crippen molar-refractivity contribution in [2.45, 2.75) is 46.3 Å². The quantitative estimate of drug-likeness (QED) is 0.780. The number of esters is 1. The molecule has 0 radical (unpaired) electrons. The second-order valence-corrected chi connectivity index (χ2v) is 4.46. The Morgan fingerprint density at radius 1 is 1.53 bits per heavy atom. The molecule has 1 unspecified atom stereocenters. The first-order valence-electron chi connectivity index (χ1n) is 5.78. The summed E-state index contributed by atoms with van der Waals surface area (Å²) in [7, 11) is 1.41. The van der Waals surface area contributed by atoms with E-state index in [1.165, 1.54) is 7.11 Å². The van der Waals surface area contributed by atoms with Crippen molar-refractivity contribution in [1.82, 2.24) is 14.9 Å². The van der Waals surface area contributed by atoms with Gasteiger partial charge in [-0.05, 0) is 13.8 Å². The summed E-state index contributed by atoms with van der Waals surface area (Å²) in [5.74, 6) is -0.246. The number of rotatable bonds is 5. The lowest BCUT2D eigenvalue weighted by atomic mass is 10.2. The van der Waals surface area contributed by atoms with Gasteiger partial charge in [-0.3, -0.25) is 4.79 Å². The van der Waals surface area contributed by atoms with Gasteiger partial charge >= 0.3 is 5.97 Å². The summed E-state index contributed by atoms with van der Waals surface area (Å²) in [6.07, 6.45) is 1.75. The zero-order chi connectivity index (χ0) is 13.0. The fourth-order valence-corrected chi connectivity index (χ4v) is 1.66. The van der Waals surface area contributed by atoms with Gasteiger partial charge in [0.25, 0.3) is 0 Å². The van der Waals surface area contributed by atoms with E-state index >= 15 is 0 Å². The minimum Gasteiger partial charge on any atom is -0.468 e. The minimum absolute atomic E-state index is 0.226. The maximum Gasteiger partial charge on any atom is 0.324 e. The molecule has 17 heavy (non-hydrogen) atoms. The number of aryl methyl sites for hydroxylation is 1. The molecule has 1 aromatic heterocycles. The van der Waals surface area contributed by atoms with Crippen molar-refractivity contribution in [3.63, 3.8) is 0 Å². The molecule has 0 amide bonds. The number of nitrogens with zero attached hydrogens (tertiary/aromatic N) is 2. The Hall–Kier alpha value is -1.36. The van der Waals surface area contributed by atoms with E-state index in [1.807, 2.05) is 32.3 Å². The highest BCUT2D eigenvalue weighted by atomic mass is 16.5. The van der Waals surface area contributed by atoms with Gasteiger partial charge in [0.1, 0.15) is 6.04 Å². The number of carbonyl (C=O) groups is 1. The van der Waals surface area contributed by atoms with E-state index in [2.05, 4.69) is 10.3 Å². The van der Waals surface area contributed by atoms with Crippen molar-refractivity contribution >= 4 is 5.97 Å². The Balaban J connectivity index is 2.79. The molecule has 5 heteroatoms. The SMILES string of the molecule is COC(=O)C(Cn1cnc(C)c1C)NC(C)C. The highest BCUT2D eigenvalue weighted by molar-refractivity contribution is 5.75. The fourth-order valence-electron chi connectivity index (χ4n) is 1.66. The third kappa shape index (κ3) is 3.56. The molecule has 0 aromatic carbocycles. The van der Waals surface area contributed by atoms with Crippen LogP contribution in [0, 0.1) is 13.8 Å². The van der Waals surface area contributed by atoms with Crippen LogP contribution in [0.3, 0.4) is 0 Å². The number of ether oxygens (including phenoxy) is 1. The molecule has 1 atom stereocenters. The summed E-state index contributed by atoms with van der Waals surface area (Å²) in [4.78, 5) is 15.9. The summed E-state index contributed by atoms with van der Waals surface area (Å²) >= 11 is 0. The van der Waals surface area contributed by atoms with E-state index < -0.39 is 0 Å². The van der Waals surface area contributed by atoms with Gasteiger partial charge < -0.3 is 14.6 Å². The molecule has 0 aliphatic rings. The summed E-state index contributed by atoms with van der Waals surface area (Å²) in [6, 6.07) is -0.115. The average molecular weight is 239 g/mol. The van der Waals surface area contributed by atoms with Crippen molar-refractivity contribution in [3.8, 4) is 0 Å². The van der Waals surface area contributed by atoms with Crippen molar-refractivity contribution in [3.05, 3.63) is 17.7 Å². The van der Waals surface area contributed by atoms with Crippen LogP contribution in [0.15, 0.2) is 6.33 Å². The Kier molecular flexibility index (Phi) is 4.69. The van der Waals surface area contributed by atoms with E-state index in [0.29, 0.717) is 6.54 Å². The summed E-state index contributed by atoms with van der Waals surface area (Å²) < 4.78 is 6.76. The zero-order valence-electron chi connectivity index (χ0n) is 11.2. The molecule has 0 spiro atoms. The van der Waals surface area contributed by atoms with E-state index in [0.717, 1.165) is 11.4 Å². The number of carbonyl (C=O) groups excluding carboxylic acids is 1. The summed E-state index contributed by atoms with van der Waals surface area (Å²) in [6.45, 7) is 8.49. The lowest BCUT2D eigenvalue weighted by molar-refractivity contribution is -0.143. The maximum atomic E-state index is 11.7. The van der Waals surface area contributed by atoms with Crippen LogP contribution in [-0.4, -0.2) is 34.7 Å². The van der Waals surface area contributed by atoms with Gasteiger partial charge in [0.15, 0.2) is 0 Å². The van der Waals surface area contributed by atoms with Crippen molar-refractivity contribution in [2.75, 3.05) is 7.11 Å². The number of aromatic nitrogens is 2. The van der Waals surface area contributed by atoms with Gasteiger partial charge in [-0.15, -0.1) is 0 Å². The molecule has 0 bridgehead atoms. The van der Waals surface area contributed by atoms with E-state index in [4.69, 9.17) is 4.74 Å². The Bertz CT molecular complexity index is 385. The van der Waals surface area contributed by atoms with Gasteiger partial charge in [0.2, 0.25) is 0 Å². The van der Waals surface area contributed by atoms with Crippen LogP contribution in [0.4, 0.5) is 0 Å². The van der Waals surface area contributed by atoms with E-state index in [-0.39, 0.29) is 18.1 Å². The topological polar surface area (TPSA) is 56.2 Å². The molecule has 1 rings (SSSR count). The first-order valence-corrected chi connectivity index (χ1v) is 5.78. The smallest absolute Gasteiger partial charge is 0.324 e. The second kappa shape index (κ2) is 5.82. The molecule has 0 fully saturated rings. The Labute approximate surface area is 102 Å². The molecule has 1 heterocycles. The van der Waals surface area contributed by atoms with Crippen molar-refractivity contribution in [2.24, 2.45) is 0 Å². The number of hydrogen-bond acceptors (Lipinski definition) is 4. The second-order valence-electron chi connectivity index (χ2n) is 4.46. The molecule has 5 nitrogen and oxygen atoms in total. The predicted molar refractivity (Wildman–Crippen MR) is 65.8 cm³/mol. The molecule has 0 aliphatic carbocycles. The third-order valence-corrected chi connectivity index (χ3v) is 2.74. The summed E-state index contributed by atoms with van der Waals surface area (Å²) in [5.41, 5.74) is 2.06. The molecule has 0 saturated heterocycles. The lowest BCUT2D eigenvalue weighted by Crippen LogP contribution is -2.44. The lowest BCUT2D eigenvalue weighted by Gasteiger charge is -2.20. The normalized spacial score (nSPS) is 12.8. The van der Waals surface area contributed by atoms with Crippen LogP contribution < -0.4 is 5.32 Å². The van der Waals surface area contributed by atoms with Gasteiger partial charge in [0, 0.05) is 18.3 Å². The molecule has 1 N–H and O–H groups in total.